The molecule has 1 aromatic heterocycles. The van der Waals surface area contributed by atoms with Crippen molar-refractivity contribution in [3.63, 3.8) is 0 Å². The van der Waals surface area contributed by atoms with Crippen LogP contribution in [0.5, 0.6) is 0 Å². The first kappa shape index (κ1) is 22.0. The van der Waals surface area contributed by atoms with Crippen LogP contribution in [-0.2, 0) is 9.59 Å². The number of nitrogens with one attached hydrogen (secondary N) is 1. The van der Waals surface area contributed by atoms with Gasteiger partial charge in [0, 0.05) is 39.4 Å². The molecule has 0 saturated carbocycles. The summed E-state index contributed by atoms with van der Waals surface area (Å²) in [5, 5.41) is 4.06. The molecule has 1 atom stereocenters. The molecule has 0 bridgehead atoms. The van der Waals surface area contributed by atoms with Crippen molar-refractivity contribution < 1.29 is 14.4 Å². The van der Waals surface area contributed by atoms with Gasteiger partial charge in [-0.3, -0.25) is 19.3 Å². The van der Waals surface area contributed by atoms with E-state index in [0.29, 0.717) is 36.9 Å². The maximum atomic E-state index is 13.0. The second-order valence-electron chi connectivity index (χ2n) is 8.52. The van der Waals surface area contributed by atoms with E-state index in [0.717, 1.165) is 24.3 Å². The number of likely N-dealkylation sites (N-methyl/N-ethyl adjacent to an activating group) is 1. The first-order valence-electron chi connectivity index (χ1n) is 10.5. The molecule has 8 nitrogen and oxygen atoms in total. The monoisotopic (exact) mass is 461 g/mol. The van der Waals surface area contributed by atoms with Gasteiger partial charge in [0.05, 0.1) is 12.0 Å². The van der Waals surface area contributed by atoms with E-state index >= 15 is 0 Å². The summed E-state index contributed by atoms with van der Waals surface area (Å²) in [6.07, 6.45) is 6.46. The summed E-state index contributed by atoms with van der Waals surface area (Å²) >= 11 is 6.58. The predicted molar refractivity (Wildman–Crippen MR) is 122 cm³/mol. The van der Waals surface area contributed by atoms with Crippen LogP contribution in [0.3, 0.4) is 0 Å². The lowest BCUT2D eigenvalue weighted by Gasteiger charge is -2.39. The van der Waals surface area contributed by atoms with Crippen molar-refractivity contribution in [3.05, 3.63) is 23.9 Å². The lowest BCUT2D eigenvalue weighted by Crippen LogP contribution is -2.45. The number of hydrogen-bond donors (Lipinski definition) is 1. The zero-order valence-electron chi connectivity index (χ0n) is 17.8. The molecule has 4 heterocycles. The van der Waals surface area contributed by atoms with Crippen LogP contribution < -0.4 is 5.32 Å². The molecule has 3 fully saturated rings. The molecule has 0 aliphatic carbocycles. The fourth-order valence-electron chi connectivity index (χ4n) is 4.71. The van der Waals surface area contributed by atoms with E-state index < -0.39 is 6.04 Å². The number of rotatable bonds is 4. The highest BCUT2D eigenvalue weighted by Crippen LogP contribution is 2.41. The topological polar surface area (TPSA) is 85.8 Å². The molecule has 1 N–H and O–H groups in total. The first-order valence-corrected chi connectivity index (χ1v) is 12.1. The third-order valence-corrected chi connectivity index (χ3v) is 7.81. The number of likely N-dealkylation sites (tertiary alicyclic amines) is 2. The van der Waals surface area contributed by atoms with Crippen molar-refractivity contribution in [3.8, 4) is 0 Å². The summed E-state index contributed by atoms with van der Waals surface area (Å²) in [5.41, 5.74) is 0.717. The van der Waals surface area contributed by atoms with Gasteiger partial charge in [-0.1, -0.05) is 0 Å². The van der Waals surface area contributed by atoms with Crippen molar-refractivity contribution in [1.82, 2.24) is 25.0 Å². The number of amides is 3. The summed E-state index contributed by atoms with van der Waals surface area (Å²) in [7, 11) is 1.62. The minimum atomic E-state index is -0.564. The Bertz CT molecular complexity index is 916. The number of thiocarbonyl (C=S) groups is 1. The Hall–Kier alpha value is -2.20. The van der Waals surface area contributed by atoms with Crippen LogP contribution in [0.15, 0.2) is 23.4 Å². The molecule has 1 aromatic rings. The number of hydrogen-bond acceptors (Lipinski definition) is 6. The van der Waals surface area contributed by atoms with E-state index in [4.69, 9.17) is 12.2 Å². The highest BCUT2D eigenvalue weighted by Gasteiger charge is 2.44. The van der Waals surface area contributed by atoms with Crippen molar-refractivity contribution in [2.75, 3.05) is 39.5 Å². The second-order valence-corrected chi connectivity index (χ2v) is 9.70. The maximum Gasteiger partial charge on any atom is 0.256 e. The van der Waals surface area contributed by atoms with Gasteiger partial charge >= 0.3 is 0 Å². The molecule has 1 spiro atoms. The number of thioether (sulfide) groups is 1. The maximum absolute atomic E-state index is 13.0. The van der Waals surface area contributed by atoms with E-state index in [2.05, 4.69) is 10.3 Å². The quantitative estimate of drug-likeness (QED) is 0.535. The second kappa shape index (κ2) is 8.74. The average Bonchev–Trinajstić information content (AvgIpc) is 3.30. The Morgan fingerprint density at radius 3 is 2.55 bits per heavy atom. The Morgan fingerprint density at radius 1 is 1.26 bits per heavy atom. The number of carbonyl (C=O) groups is 3. The molecule has 1 unspecified atom stereocenters. The largest absolute Gasteiger partial charge is 0.350 e. The fraction of sp³-hybridized carbons (Fsp3) is 0.571. The lowest BCUT2D eigenvalue weighted by molar-refractivity contribution is -0.135. The molecule has 3 saturated heterocycles. The SMILES string of the molecule is CSc1ncccc1C(=O)N1CCC2(CCN(C(=O)CC3NC(=S)N(C)C3=O)C2)CC1. The van der Waals surface area contributed by atoms with Gasteiger partial charge in [0.25, 0.3) is 11.8 Å². The Balaban J connectivity index is 1.33. The molecule has 3 aliphatic rings. The molecular formula is C21H27N5O3S2. The smallest absolute Gasteiger partial charge is 0.256 e. The molecule has 0 radical (unpaired) electrons. The molecular weight excluding hydrogens is 434 g/mol. The highest BCUT2D eigenvalue weighted by atomic mass is 32.2. The van der Waals surface area contributed by atoms with Gasteiger partial charge in [0.1, 0.15) is 11.1 Å². The highest BCUT2D eigenvalue weighted by molar-refractivity contribution is 7.98. The third kappa shape index (κ3) is 4.27. The van der Waals surface area contributed by atoms with Gasteiger partial charge in [-0.2, -0.15) is 0 Å². The van der Waals surface area contributed by atoms with Crippen molar-refractivity contribution >= 4 is 46.8 Å². The summed E-state index contributed by atoms with van der Waals surface area (Å²) in [4.78, 5) is 47.5. The van der Waals surface area contributed by atoms with E-state index in [1.165, 1.54) is 16.7 Å². The minimum absolute atomic E-state index is 0.0145. The molecule has 3 aliphatic heterocycles. The van der Waals surface area contributed by atoms with Crippen molar-refractivity contribution in [2.24, 2.45) is 5.41 Å². The van der Waals surface area contributed by atoms with Crippen LogP contribution in [0.4, 0.5) is 0 Å². The van der Waals surface area contributed by atoms with Crippen LogP contribution >= 0.6 is 24.0 Å². The average molecular weight is 462 g/mol. The molecule has 166 valence electrons. The normalized spacial score (nSPS) is 22.9. The van der Waals surface area contributed by atoms with Gasteiger partial charge in [0.15, 0.2) is 5.11 Å². The molecule has 3 amide bonds. The van der Waals surface area contributed by atoms with Crippen molar-refractivity contribution in [1.29, 1.82) is 0 Å². The first-order chi connectivity index (χ1) is 14.8. The zero-order valence-corrected chi connectivity index (χ0v) is 19.4. The summed E-state index contributed by atoms with van der Waals surface area (Å²) < 4.78 is 0. The van der Waals surface area contributed by atoms with Crippen LogP contribution in [0.25, 0.3) is 0 Å². The van der Waals surface area contributed by atoms with E-state index in [9.17, 15) is 14.4 Å². The molecule has 0 aromatic carbocycles. The molecule has 4 rings (SSSR count). The third-order valence-electron chi connectivity index (χ3n) is 6.71. The van der Waals surface area contributed by atoms with Gasteiger partial charge in [0.2, 0.25) is 5.91 Å². The standard InChI is InChI=1S/C21H27N5O3S2/c1-24-19(29)15(23-20(24)30)12-16(27)26-11-7-21(13-26)5-9-25(10-6-21)18(28)14-4-3-8-22-17(14)31-2/h3-4,8,15H,5-7,9-13H2,1-2H3,(H,23,30). The van der Waals surface area contributed by atoms with E-state index in [1.54, 1.807) is 19.3 Å². The fourth-order valence-corrected chi connectivity index (χ4v) is 5.48. The Kier molecular flexibility index (Phi) is 6.20. The number of piperidine rings is 1. The van der Waals surface area contributed by atoms with Crippen LogP contribution in [-0.4, -0.2) is 88.0 Å². The van der Waals surface area contributed by atoms with Gasteiger partial charge < -0.3 is 15.1 Å². The van der Waals surface area contributed by atoms with E-state index in [-0.39, 0.29) is 29.6 Å². The number of aromatic nitrogens is 1. The number of carbonyl (C=O) groups excluding carboxylic acids is 3. The van der Waals surface area contributed by atoms with Crippen LogP contribution in [0, 0.1) is 5.41 Å². The number of pyridine rings is 1. The van der Waals surface area contributed by atoms with E-state index in [1.807, 2.05) is 22.1 Å². The minimum Gasteiger partial charge on any atom is -0.350 e. The van der Waals surface area contributed by atoms with Gasteiger partial charge in [-0.25, -0.2) is 4.98 Å². The van der Waals surface area contributed by atoms with Gasteiger partial charge in [-0.15, -0.1) is 11.8 Å². The summed E-state index contributed by atoms with van der Waals surface area (Å²) in [6, 6.07) is 3.07. The molecule has 10 heteroatoms. The van der Waals surface area contributed by atoms with Crippen LogP contribution in [0.1, 0.15) is 36.0 Å². The Labute approximate surface area is 191 Å². The van der Waals surface area contributed by atoms with Crippen molar-refractivity contribution in [2.45, 2.75) is 36.8 Å². The zero-order chi connectivity index (χ0) is 22.2. The molecule has 31 heavy (non-hydrogen) atoms. The summed E-state index contributed by atoms with van der Waals surface area (Å²) in [6.45, 7) is 2.77. The lowest BCUT2D eigenvalue weighted by atomic mass is 9.77. The Morgan fingerprint density at radius 2 is 1.94 bits per heavy atom. The van der Waals surface area contributed by atoms with Crippen LogP contribution in [0.2, 0.25) is 0 Å². The summed E-state index contributed by atoms with van der Waals surface area (Å²) in [5.74, 6) is -0.137. The number of nitrogens with zero attached hydrogens (tertiary/aromatic N) is 4. The van der Waals surface area contributed by atoms with Gasteiger partial charge in [-0.05, 0) is 55.3 Å². The predicted octanol–water partition coefficient (Wildman–Crippen LogP) is 1.36.